The quantitative estimate of drug-likeness (QED) is 0.547. The second-order valence-electron chi connectivity index (χ2n) is 7.92. The zero-order valence-electron chi connectivity index (χ0n) is 19.4. The van der Waals surface area contributed by atoms with Crippen LogP contribution in [0.2, 0.25) is 5.02 Å². The predicted molar refractivity (Wildman–Crippen MR) is 140 cm³/mol. The van der Waals surface area contributed by atoms with Gasteiger partial charge in [0.2, 0.25) is 5.91 Å². The number of nitrogens with zero attached hydrogens (tertiary/aromatic N) is 3. The Bertz CT molecular complexity index is 1210. The summed E-state index contributed by atoms with van der Waals surface area (Å²) in [6.45, 7) is 11.6. The monoisotopic (exact) mass is 495 g/mol. The summed E-state index contributed by atoms with van der Waals surface area (Å²) < 4.78 is 0. The predicted octanol–water partition coefficient (Wildman–Crippen LogP) is 4.61. The molecule has 0 aromatic heterocycles. The maximum absolute atomic E-state index is 12.6. The topological polar surface area (TPSA) is 88.5 Å². The van der Waals surface area contributed by atoms with E-state index in [2.05, 4.69) is 49.7 Å². The average molecular weight is 496 g/mol. The van der Waals surface area contributed by atoms with Crippen LogP contribution in [0, 0.1) is 11.3 Å². The first-order valence-corrected chi connectivity index (χ1v) is 11.8. The van der Waals surface area contributed by atoms with Crippen LogP contribution in [0.3, 0.4) is 0 Å². The van der Waals surface area contributed by atoms with Crippen molar-refractivity contribution in [1.29, 1.82) is 5.26 Å². The van der Waals surface area contributed by atoms with Gasteiger partial charge in [0.15, 0.2) is 0 Å². The van der Waals surface area contributed by atoms with Gasteiger partial charge < -0.3 is 20.4 Å². The number of nitrogens with one attached hydrogen (secondary N) is 2. The van der Waals surface area contributed by atoms with Crippen LogP contribution in [0.15, 0.2) is 48.8 Å². The van der Waals surface area contributed by atoms with E-state index < -0.39 is 6.04 Å². The summed E-state index contributed by atoms with van der Waals surface area (Å²) in [5, 5.41) is 14.9. The molecule has 0 fully saturated rings. The highest BCUT2D eigenvalue weighted by atomic mass is 35.5. The van der Waals surface area contributed by atoms with Gasteiger partial charge in [0.1, 0.15) is 11.9 Å². The van der Waals surface area contributed by atoms with Gasteiger partial charge in [-0.2, -0.15) is 5.26 Å². The van der Waals surface area contributed by atoms with Crippen molar-refractivity contribution in [2.75, 3.05) is 23.3 Å². The molecule has 9 heteroatoms. The minimum atomic E-state index is -0.410. The van der Waals surface area contributed by atoms with E-state index in [1.165, 1.54) is 18.2 Å². The largest absolute Gasteiger partial charge is 0.349 e. The minimum absolute atomic E-state index is 0.0935. The molecule has 3 rings (SSSR count). The van der Waals surface area contributed by atoms with E-state index in [4.69, 9.17) is 16.9 Å². The van der Waals surface area contributed by atoms with Gasteiger partial charge in [-0.15, -0.1) is 0 Å². The highest BCUT2D eigenvalue weighted by Crippen LogP contribution is 2.34. The molecule has 34 heavy (non-hydrogen) atoms. The molecule has 0 saturated carbocycles. The van der Waals surface area contributed by atoms with Crippen molar-refractivity contribution in [3.05, 3.63) is 70.5 Å². The lowest BCUT2D eigenvalue weighted by atomic mass is 10.1. The zero-order valence-corrected chi connectivity index (χ0v) is 21.2. The maximum atomic E-state index is 12.6. The van der Waals surface area contributed by atoms with Crippen molar-refractivity contribution in [3.8, 4) is 6.07 Å². The summed E-state index contributed by atoms with van der Waals surface area (Å²) in [6.07, 6.45) is 0.0935. The molecule has 1 atom stereocenters. The fraction of sp³-hybridized carbons (Fsp3) is 0.280. The van der Waals surface area contributed by atoms with Crippen LogP contribution in [0.25, 0.3) is 0 Å². The van der Waals surface area contributed by atoms with Gasteiger partial charge in [-0.25, -0.2) is 0 Å². The number of rotatable bonds is 7. The Kier molecular flexibility index (Phi) is 7.98. The lowest BCUT2D eigenvalue weighted by Gasteiger charge is -2.41. The zero-order chi connectivity index (χ0) is 25.0. The Hall–Kier alpha value is -3.33. The van der Waals surface area contributed by atoms with Crippen LogP contribution in [0.5, 0.6) is 0 Å². The molecule has 0 aliphatic carbocycles. The molecule has 1 unspecified atom stereocenters. The van der Waals surface area contributed by atoms with E-state index in [0.717, 1.165) is 35.6 Å². The van der Waals surface area contributed by atoms with Crippen LogP contribution in [0.1, 0.15) is 48.7 Å². The smallest absolute Gasteiger partial charge is 0.251 e. The lowest BCUT2D eigenvalue weighted by molar-refractivity contribution is -0.116. The second kappa shape index (κ2) is 10.7. The van der Waals surface area contributed by atoms with Gasteiger partial charge in [-0.1, -0.05) is 27.0 Å². The van der Waals surface area contributed by atoms with E-state index in [9.17, 15) is 9.59 Å². The van der Waals surface area contributed by atoms with Crippen LogP contribution in [-0.4, -0.2) is 41.3 Å². The summed E-state index contributed by atoms with van der Waals surface area (Å²) in [5.41, 5.74) is 4.16. The van der Waals surface area contributed by atoms with Crippen molar-refractivity contribution >= 4 is 49.1 Å². The van der Waals surface area contributed by atoms with E-state index >= 15 is 0 Å². The molecule has 7 nitrogen and oxygen atoms in total. The molecular formula is C25H27ClN5O2P. The lowest BCUT2D eigenvalue weighted by Crippen LogP contribution is -2.43. The molecule has 0 radical (unpaired) electrons. The number of fused-ring (bicyclic) bond motifs is 1. The van der Waals surface area contributed by atoms with E-state index in [-0.39, 0.29) is 23.3 Å². The Morgan fingerprint density at radius 3 is 2.50 bits per heavy atom. The van der Waals surface area contributed by atoms with Crippen molar-refractivity contribution in [1.82, 2.24) is 10.2 Å². The van der Waals surface area contributed by atoms with Crippen LogP contribution < -0.4 is 15.5 Å². The third-order valence-corrected chi connectivity index (χ3v) is 6.42. The number of carbonyl (C=O) groups excluding carboxylic acids is 2. The molecular weight excluding hydrogens is 469 g/mol. The molecule has 1 aliphatic rings. The summed E-state index contributed by atoms with van der Waals surface area (Å²) in [4.78, 5) is 29.3. The van der Waals surface area contributed by atoms with E-state index in [1.54, 1.807) is 6.92 Å². The van der Waals surface area contributed by atoms with Gasteiger partial charge in [0.25, 0.3) is 5.91 Å². The number of benzene rings is 2. The van der Waals surface area contributed by atoms with Crippen molar-refractivity contribution in [2.45, 2.75) is 33.2 Å². The normalized spacial score (nSPS) is 13.7. The highest BCUT2D eigenvalue weighted by molar-refractivity contribution is 7.22. The van der Waals surface area contributed by atoms with Crippen molar-refractivity contribution in [2.24, 2.45) is 0 Å². The van der Waals surface area contributed by atoms with E-state index in [1.807, 2.05) is 24.3 Å². The number of amides is 2. The SMILES string of the molecule is C=C1N(CC)C(=P)c2cc(NC(=O)CC(C)NC(=O)c3ccc(C#N)c(Cl)c3)ccc2N1CC. The van der Waals surface area contributed by atoms with Gasteiger partial charge in [-0.05, 0) is 57.2 Å². The van der Waals surface area contributed by atoms with Crippen molar-refractivity contribution < 1.29 is 9.59 Å². The van der Waals surface area contributed by atoms with Crippen molar-refractivity contribution in [3.63, 3.8) is 0 Å². The van der Waals surface area contributed by atoms with Gasteiger partial charge >= 0.3 is 0 Å². The standard InChI is InChI=1S/C25H27ClN5O2P/c1-5-30-16(4)31(6-2)25(34)20-13-19(9-10-22(20)30)29-23(32)11-15(3)28-24(33)17-7-8-18(14-27)21(26)12-17/h7-10,12-13,15,34H,4-6,11H2,1-3H3,(H,28,33)(H,29,32). The summed E-state index contributed by atoms with van der Waals surface area (Å²) in [6, 6.07) is 11.8. The Labute approximate surface area is 207 Å². The first-order chi connectivity index (χ1) is 16.2. The number of hydrogen-bond donors (Lipinski definition) is 2. The number of anilines is 2. The minimum Gasteiger partial charge on any atom is -0.349 e. The van der Waals surface area contributed by atoms with E-state index in [0.29, 0.717) is 16.8 Å². The molecule has 2 amide bonds. The first-order valence-electron chi connectivity index (χ1n) is 11.0. The summed E-state index contributed by atoms with van der Waals surface area (Å²) >= 11 is 6.01. The third kappa shape index (κ3) is 5.25. The average Bonchev–Trinajstić information content (AvgIpc) is 2.79. The molecule has 1 aliphatic heterocycles. The summed E-state index contributed by atoms with van der Waals surface area (Å²) in [5.74, 6) is 0.312. The van der Waals surface area contributed by atoms with Crippen LogP contribution in [-0.2, 0) is 4.79 Å². The number of halogens is 1. The Morgan fingerprint density at radius 1 is 1.18 bits per heavy atom. The molecule has 2 aromatic carbocycles. The third-order valence-electron chi connectivity index (χ3n) is 5.57. The van der Waals surface area contributed by atoms with Gasteiger partial charge in [0.05, 0.1) is 21.7 Å². The molecule has 2 aromatic rings. The molecule has 0 spiro atoms. The first kappa shape index (κ1) is 25.3. The molecule has 0 bridgehead atoms. The number of hydrogen-bond acceptors (Lipinski definition) is 4. The van der Waals surface area contributed by atoms with Crippen LogP contribution >= 0.6 is 20.5 Å². The molecule has 0 saturated heterocycles. The Morgan fingerprint density at radius 2 is 1.88 bits per heavy atom. The van der Waals surface area contributed by atoms with Gasteiger partial charge in [-0.3, -0.25) is 9.59 Å². The van der Waals surface area contributed by atoms with Crippen LogP contribution in [0.4, 0.5) is 11.4 Å². The molecule has 176 valence electrons. The Balaban J connectivity index is 1.66. The number of carbonyl (C=O) groups is 2. The molecule has 1 heterocycles. The fourth-order valence-corrected chi connectivity index (χ4v) is 4.60. The second-order valence-corrected chi connectivity index (χ2v) is 8.80. The highest BCUT2D eigenvalue weighted by Gasteiger charge is 2.27. The molecule has 2 N–H and O–H groups in total. The number of nitriles is 1. The summed E-state index contributed by atoms with van der Waals surface area (Å²) in [7, 11) is 3.74. The van der Waals surface area contributed by atoms with Gasteiger partial charge in [0, 0.05) is 42.4 Å². The fourth-order valence-electron chi connectivity index (χ4n) is 3.89. The maximum Gasteiger partial charge on any atom is 0.251 e.